The molecule has 127 heavy (non-hydrogen) atoms. The maximum absolute atomic E-state index is 3.85. The zero-order valence-corrected chi connectivity index (χ0v) is 96.3. The Kier molecular flexibility index (Phi) is 148. The molecule has 1 unspecified atom stereocenters. The van der Waals surface area contributed by atoms with Gasteiger partial charge < -0.3 is 0 Å². The van der Waals surface area contributed by atoms with E-state index >= 15 is 0 Å². The summed E-state index contributed by atoms with van der Waals surface area (Å²) in [5.74, 6) is 15.7. The summed E-state index contributed by atoms with van der Waals surface area (Å²) >= 11 is 0. The van der Waals surface area contributed by atoms with E-state index in [1.54, 1.807) is 24.8 Å². The monoisotopic (exact) mass is 1780 g/mol. The third-order valence-corrected chi connectivity index (χ3v) is 21.9. The Morgan fingerprint density at radius 2 is 0.598 bits per heavy atom. The van der Waals surface area contributed by atoms with Crippen molar-refractivity contribution in [2.24, 2.45) is 105 Å². The fraction of sp³-hybridized carbons (Fsp3) is 0.813. The Hall–Kier alpha value is -3.79. The molecule has 3 aromatic rings. The maximum Gasteiger partial charge on any atom is 0.0573 e. The molecule has 6 fully saturated rings. The van der Waals surface area contributed by atoms with Gasteiger partial charge in [-0.3, -0.25) is 15.1 Å². The second-order valence-corrected chi connectivity index (χ2v) is 39.7. The molecule has 6 aliphatic carbocycles. The number of aliphatic imine (C=N–C) groups is 2. The number of allylic oxidation sites excluding steroid dienone is 4. The highest BCUT2D eigenvalue weighted by Crippen LogP contribution is 2.37. The Balaban J connectivity index is -0.000000110. The number of hydrogen-bond acceptors (Lipinski definition) is 3. The fourth-order valence-electron chi connectivity index (χ4n) is 11.9. The van der Waals surface area contributed by atoms with Crippen LogP contribution >= 0.6 is 0 Å². The van der Waals surface area contributed by atoms with Gasteiger partial charge in [0.15, 0.2) is 0 Å². The lowest BCUT2D eigenvalue weighted by atomic mass is 9.80. The van der Waals surface area contributed by atoms with Crippen LogP contribution in [0.5, 0.6) is 0 Å². The first-order valence-electron chi connectivity index (χ1n) is 55.6. The lowest BCUT2D eigenvalue weighted by molar-refractivity contribution is 0.264. The van der Waals surface area contributed by atoms with Crippen LogP contribution < -0.4 is 0 Å². The first-order valence-corrected chi connectivity index (χ1v) is 55.6. The molecule has 1 atom stereocenters. The average molecular weight is 1780 g/mol. The molecular weight excluding hydrogens is 1530 g/mol. The molecule has 4 heteroatoms. The molecule has 4 nitrogen and oxygen atoms in total. The molecule has 1 aromatic heterocycles. The van der Waals surface area contributed by atoms with E-state index in [4.69, 9.17) is 0 Å². The second kappa shape index (κ2) is 126. The lowest BCUT2D eigenvalue weighted by Crippen LogP contribution is -2.12. The fourth-order valence-corrected chi connectivity index (χ4v) is 11.9. The Morgan fingerprint density at radius 1 is 0.323 bits per heavy atom. The van der Waals surface area contributed by atoms with Crippen LogP contribution in [0.1, 0.15) is 553 Å². The van der Waals surface area contributed by atoms with Crippen molar-refractivity contribution in [1.82, 2.24) is 10.2 Å². The average Bonchev–Trinajstić information content (AvgIpc) is 1.81. The summed E-state index contributed by atoms with van der Waals surface area (Å²) in [5.41, 5.74) is 4.29. The maximum atomic E-state index is 3.85. The van der Waals surface area contributed by atoms with Crippen LogP contribution in [0.4, 0.5) is 0 Å². The van der Waals surface area contributed by atoms with Crippen molar-refractivity contribution in [1.29, 1.82) is 0 Å². The van der Waals surface area contributed by atoms with Crippen molar-refractivity contribution in [2.45, 2.75) is 548 Å². The summed E-state index contributed by atoms with van der Waals surface area (Å²) in [6.07, 6.45) is 71.2. The number of aromatic amines is 1. The molecule has 3 heterocycles. The normalized spacial score (nSPS) is 14.5. The molecule has 2 aliphatic heterocycles. The number of H-pyrrole nitrogens is 1. The molecule has 1 N–H and O–H groups in total. The summed E-state index contributed by atoms with van der Waals surface area (Å²) in [7, 11) is 0. The Labute approximate surface area is 809 Å². The minimum absolute atomic E-state index is 0.659. The SMILES string of the molecule is C1=CCN=C1.C1=CCN=C1.C1CCCC1.C1CCCCCC1.CC.CC.CC.CC.CC.CC.CC(C)=CCC(C)C.CC(C)C(C)CC1CC1.CC(C)CC1CCC1.CC(C)CC1CCCC1.CC(C)CC1CCCCC1.CC(C)Cc1ccccc1.CC(C)c1ccccc1.CCC(C)C.CCC(C)C.CCC(C)C.CCC(C)C.CCC(C)C.c1cn[nH]c1. The van der Waals surface area contributed by atoms with E-state index in [1.807, 2.05) is 120 Å². The van der Waals surface area contributed by atoms with Crippen molar-refractivity contribution >= 4 is 12.4 Å². The van der Waals surface area contributed by atoms with E-state index in [0.717, 1.165) is 108 Å². The van der Waals surface area contributed by atoms with Gasteiger partial charge in [-0.1, -0.05) is 574 Å². The van der Waals surface area contributed by atoms with E-state index < -0.39 is 0 Å². The highest BCUT2D eigenvalue weighted by Gasteiger charge is 2.24. The molecular formula is C123H248N4. The van der Waals surface area contributed by atoms with Crippen LogP contribution in [-0.4, -0.2) is 35.7 Å². The first-order chi connectivity index (χ1) is 60.6. The minimum Gasteiger partial charge on any atom is -0.289 e. The van der Waals surface area contributed by atoms with Gasteiger partial charge in [-0.15, -0.1) is 0 Å². The van der Waals surface area contributed by atoms with Gasteiger partial charge in [0.2, 0.25) is 0 Å². The highest BCUT2D eigenvalue weighted by atomic mass is 15.1. The first kappa shape index (κ1) is 149. The van der Waals surface area contributed by atoms with Gasteiger partial charge >= 0.3 is 0 Å². The van der Waals surface area contributed by atoms with Crippen molar-refractivity contribution in [3.63, 3.8) is 0 Å². The second-order valence-electron chi connectivity index (χ2n) is 39.7. The molecule has 2 aromatic carbocycles. The topological polar surface area (TPSA) is 53.4 Å². The summed E-state index contributed by atoms with van der Waals surface area (Å²) < 4.78 is 0. The summed E-state index contributed by atoms with van der Waals surface area (Å²) in [6.45, 7) is 97.7. The number of benzene rings is 2. The number of nitrogens with zero attached hydrogens (tertiary/aromatic N) is 3. The molecule has 6 saturated carbocycles. The molecule has 0 saturated heterocycles. The minimum atomic E-state index is 0.659. The molecule has 11 rings (SSSR count). The number of rotatable bonds is 19. The third-order valence-electron chi connectivity index (χ3n) is 21.9. The standard InChI is InChI=1S/C10H20.C10H14.2C9H18.C9H12.2C8H16.C7H14.C5H10.5C5H12.2C4H5N.C3H4N2.6C2H6/c2*1-9(2)8-10-6-4-3-5-7-10;1-7(2)8(3)6-9-4-5-9;1-8(2)7-9-5-3-4-6-9;1-8(2)9-6-4-3-5-7-9;1-7(2)6-8-4-3-5-8;1-7(2)5-6-8(3)4;1-2-4-6-7-5-3-1;1-2-4-5-3-1;5*1-4-5(2)3;3*1-2-4-5-3-1;6*1-2/h9-10H,3-8H2,1-2H3;3-7,9H,8H2,1-2H3;7-9H,4-6H2,1-3H3;8-9H,3-7H2,1-2H3;3-8H,1-2H3;7-8H,3-6H2,1-2H3;5,8H,6H2,1-4H3;1-7H2;1-5H2;5*5H,4H2,1-3H3;2*1-3H,4H2;1-3H,(H,4,5);6*1-2H3. The van der Waals surface area contributed by atoms with Crippen LogP contribution in [0, 0.1) is 94.7 Å². The summed E-state index contributed by atoms with van der Waals surface area (Å²) in [6, 6.07) is 23.0. The van der Waals surface area contributed by atoms with Crippen LogP contribution in [0.25, 0.3) is 0 Å². The Morgan fingerprint density at radius 3 is 0.756 bits per heavy atom. The number of hydrogen-bond donors (Lipinski definition) is 1. The summed E-state index contributed by atoms with van der Waals surface area (Å²) in [4.78, 5) is 7.69. The molecule has 760 valence electrons. The number of aromatic nitrogens is 2. The largest absolute Gasteiger partial charge is 0.289 e. The van der Waals surface area contributed by atoms with Gasteiger partial charge in [0.1, 0.15) is 0 Å². The van der Waals surface area contributed by atoms with E-state index in [9.17, 15) is 0 Å². The smallest absolute Gasteiger partial charge is 0.0573 e. The van der Waals surface area contributed by atoms with E-state index in [1.165, 1.54) is 254 Å². The Bertz CT molecular complexity index is 2230. The van der Waals surface area contributed by atoms with E-state index in [-0.39, 0.29) is 0 Å². The quantitative estimate of drug-likeness (QED) is 0.0944. The number of nitrogens with one attached hydrogen (secondary N) is 1. The van der Waals surface area contributed by atoms with Gasteiger partial charge in [-0.25, -0.2) is 0 Å². The third kappa shape index (κ3) is 157. The molecule has 0 radical (unpaired) electrons. The van der Waals surface area contributed by atoms with Crippen molar-refractivity contribution in [3.8, 4) is 0 Å². The van der Waals surface area contributed by atoms with E-state index in [0.29, 0.717) is 5.92 Å². The van der Waals surface area contributed by atoms with Crippen LogP contribution in [0.2, 0.25) is 0 Å². The zero-order chi connectivity index (χ0) is 100. The van der Waals surface area contributed by atoms with Gasteiger partial charge in [0, 0.05) is 24.8 Å². The molecule has 8 aliphatic rings. The predicted molar refractivity (Wildman–Crippen MR) is 603 cm³/mol. The summed E-state index contributed by atoms with van der Waals surface area (Å²) in [5, 5.41) is 6.21. The lowest BCUT2D eigenvalue weighted by Gasteiger charge is -2.26. The van der Waals surface area contributed by atoms with Crippen LogP contribution in [0.15, 0.2) is 125 Å². The van der Waals surface area contributed by atoms with Crippen molar-refractivity contribution in [3.05, 3.63) is 126 Å². The molecule has 0 spiro atoms. The van der Waals surface area contributed by atoms with Crippen LogP contribution in [0.3, 0.4) is 0 Å². The zero-order valence-electron chi connectivity index (χ0n) is 96.3. The predicted octanol–water partition coefficient (Wildman–Crippen LogP) is 44.2. The molecule has 0 amide bonds. The van der Waals surface area contributed by atoms with Gasteiger partial charge in [0.05, 0.1) is 13.1 Å². The van der Waals surface area contributed by atoms with Gasteiger partial charge in [-0.2, -0.15) is 5.10 Å². The van der Waals surface area contributed by atoms with Crippen molar-refractivity contribution < 1.29 is 0 Å². The van der Waals surface area contributed by atoms with Crippen molar-refractivity contribution in [2.75, 3.05) is 13.1 Å². The van der Waals surface area contributed by atoms with Crippen LogP contribution in [-0.2, 0) is 6.42 Å². The molecule has 0 bridgehead atoms. The van der Waals surface area contributed by atoms with Gasteiger partial charge in [0.25, 0.3) is 0 Å². The highest BCUT2D eigenvalue weighted by molar-refractivity contribution is 5.73. The van der Waals surface area contributed by atoms with Gasteiger partial charge in [-0.05, 0) is 182 Å². The van der Waals surface area contributed by atoms with E-state index in [2.05, 4.69) is 302 Å².